The molecule has 0 saturated carbocycles. The number of rotatable bonds is 6. The normalized spacial score (nSPS) is 17.9. The van der Waals surface area contributed by atoms with Crippen LogP contribution in [0.25, 0.3) is 11.3 Å². The Morgan fingerprint density at radius 3 is 2.43 bits per heavy atom. The van der Waals surface area contributed by atoms with Gasteiger partial charge >= 0.3 is 5.97 Å². The molecule has 0 atom stereocenters. The minimum Gasteiger partial charge on any atom is -0.465 e. The Balaban J connectivity index is 1.30. The molecule has 3 aliphatic heterocycles. The van der Waals surface area contributed by atoms with Crippen LogP contribution in [0.4, 0.5) is 21.5 Å². The number of amides is 2. The number of piperazine rings is 1. The monoisotopic (exact) mass is 569 g/mol. The molecular weight excluding hydrogens is 537 g/mol. The van der Waals surface area contributed by atoms with E-state index < -0.39 is 5.97 Å². The predicted octanol–water partition coefficient (Wildman–Crippen LogP) is 3.68. The Morgan fingerprint density at radius 1 is 0.952 bits per heavy atom. The second kappa shape index (κ2) is 11.4. The number of fused-ring (bicyclic) bond motifs is 2. The lowest BCUT2D eigenvalue weighted by Gasteiger charge is -2.32. The molecule has 9 nitrogen and oxygen atoms in total. The average molecular weight is 570 g/mol. The van der Waals surface area contributed by atoms with Crippen LogP contribution < -0.4 is 15.5 Å². The molecule has 3 heterocycles. The number of methoxy groups -OCH3 is 1. The van der Waals surface area contributed by atoms with Gasteiger partial charge in [-0.1, -0.05) is 6.07 Å². The van der Waals surface area contributed by atoms with E-state index in [2.05, 4.69) is 27.5 Å². The second-order valence-electron chi connectivity index (χ2n) is 10.8. The molecule has 2 amide bonds. The van der Waals surface area contributed by atoms with Gasteiger partial charge in [0.05, 0.1) is 36.2 Å². The average Bonchev–Trinajstić information content (AvgIpc) is 3.56. The van der Waals surface area contributed by atoms with Crippen LogP contribution >= 0.6 is 0 Å². The largest absolute Gasteiger partial charge is 0.465 e. The lowest BCUT2D eigenvalue weighted by atomic mass is 9.98. The molecule has 42 heavy (non-hydrogen) atoms. The minimum atomic E-state index is -0.504. The molecule has 0 unspecified atom stereocenters. The van der Waals surface area contributed by atoms with E-state index in [1.165, 1.54) is 19.2 Å². The SMILES string of the molecule is COC(=O)c1ccc2c(c1)NC(=O)/C2=C(\Nc1ccc2c(c1)CCN2C(=O)CN1CCN(C)CC1)c1ccc(F)cc1. The van der Waals surface area contributed by atoms with Gasteiger partial charge in [0.15, 0.2) is 0 Å². The highest BCUT2D eigenvalue weighted by molar-refractivity contribution is 6.37. The van der Waals surface area contributed by atoms with Gasteiger partial charge in [-0.15, -0.1) is 0 Å². The topological polar surface area (TPSA) is 94.2 Å². The Morgan fingerprint density at radius 2 is 1.69 bits per heavy atom. The molecule has 6 rings (SSSR count). The number of anilines is 3. The van der Waals surface area contributed by atoms with E-state index in [4.69, 9.17) is 4.74 Å². The summed E-state index contributed by atoms with van der Waals surface area (Å²) >= 11 is 0. The maximum atomic E-state index is 13.8. The third kappa shape index (κ3) is 5.38. The molecule has 1 fully saturated rings. The van der Waals surface area contributed by atoms with Crippen LogP contribution in [0.15, 0.2) is 60.7 Å². The summed E-state index contributed by atoms with van der Waals surface area (Å²) in [6.07, 6.45) is 0.724. The van der Waals surface area contributed by atoms with E-state index in [0.717, 1.165) is 49.5 Å². The zero-order valence-electron chi connectivity index (χ0n) is 23.6. The van der Waals surface area contributed by atoms with Gasteiger partial charge in [0, 0.05) is 49.7 Å². The smallest absolute Gasteiger partial charge is 0.337 e. The van der Waals surface area contributed by atoms with E-state index in [1.807, 2.05) is 23.1 Å². The molecule has 10 heteroatoms. The van der Waals surface area contributed by atoms with E-state index in [9.17, 15) is 18.8 Å². The summed E-state index contributed by atoms with van der Waals surface area (Å²) in [5, 5.41) is 6.25. The molecule has 0 aliphatic carbocycles. The molecule has 3 aromatic carbocycles. The first-order chi connectivity index (χ1) is 20.3. The highest BCUT2D eigenvalue weighted by Crippen LogP contribution is 2.39. The van der Waals surface area contributed by atoms with Gasteiger partial charge in [-0.05, 0) is 79.2 Å². The van der Waals surface area contributed by atoms with E-state index in [0.29, 0.717) is 46.7 Å². The summed E-state index contributed by atoms with van der Waals surface area (Å²) in [5.41, 5.74) is 5.58. The summed E-state index contributed by atoms with van der Waals surface area (Å²) < 4.78 is 18.7. The standard InChI is InChI=1S/C32H32FN5O4/c1-36-13-15-37(16-14-36)19-28(39)38-12-11-21-17-24(8-10-27(21)38)34-30(20-3-6-23(33)7-4-20)29-25-9-5-22(32(41)42-2)18-26(25)35-31(29)40/h3-10,17-18,34H,11-16,19H2,1-2H3,(H,35,40)/b30-29-. The van der Waals surface area contributed by atoms with Crippen molar-refractivity contribution in [2.75, 3.05) is 69.0 Å². The van der Waals surface area contributed by atoms with Gasteiger partial charge in [0.1, 0.15) is 5.82 Å². The van der Waals surface area contributed by atoms with Gasteiger partial charge in [-0.3, -0.25) is 14.5 Å². The molecule has 0 bridgehead atoms. The Labute approximate surface area is 243 Å². The first kappa shape index (κ1) is 27.6. The van der Waals surface area contributed by atoms with Crippen LogP contribution in [0.3, 0.4) is 0 Å². The Kier molecular flexibility index (Phi) is 7.49. The first-order valence-corrected chi connectivity index (χ1v) is 14.0. The predicted molar refractivity (Wildman–Crippen MR) is 160 cm³/mol. The Hall–Kier alpha value is -4.54. The quantitative estimate of drug-likeness (QED) is 0.346. The lowest BCUT2D eigenvalue weighted by molar-refractivity contribution is -0.120. The number of carbonyl (C=O) groups excluding carboxylic acids is 3. The number of esters is 1. The number of halogens is 1. The summed E-state index contributed by atoms with van der Waals surface area (Å²) in [7, 11) is 3.40. The fraction of sp³-hybridized carbons (Fsp3) is 0.281. The van der Waals surface area contributed by atoms with Crippen LogP contribution in [0.5, 0.6) is 0 Å². The highest BCUT2D eigenvalue weighted by Gasteiger charge is 2.31. The molecule has 0 radical (unpaired) electrons. The summed E-state index contributed by atoms with van der Waals surface area (Å²) in [5.74, 6) is -1.14. The van der Waals surface area contributed by atoms with Crippen molar-refractivity contribution in [1.82, 2.24) is 9.80 Å². The molecule has 3 aliphatic rings. The van der Waals surface area contributed by atoms with Gasteiger partial charge < -0.3 is 25.2 Å². The number of carbonyl (C=O) groups is 3. The molecule has 0 spiro atoms. The molecule has 2 N–H and O–H groups in total. The zero-order chi connectivity index (χ0) is 29.4. The number of likely N-dealkylation sites (N-methyl/N-ethyl adjacent to an activating group) is 1. The van der Waals surface area contributed by atoms with Crippen molar-refractivity contribution in [3.63, 3.8) is 0 Å². The van der Waals surface area contributed by atoms with Crippen molar-refractivity contribution >= 4 is 46.1 Å². The van der Waals surface area contributed by atoms with E-state index in [-0.39, 0.29) is 17.6 Å². The molecule has 3 aromatic rings. The van der Waals surface area contributed by atoms with Crippen LogP contribution in [-0.4, -0.2) is 81.0 Å². The number of hydrogen-bond donors (Lipinski definition) is 2. The maximum Gasteiger partial charge on any atom is 0.337 e. The number of hydrogen-bond acceptors (Lipinski definition) is 7. The maximum absolute atomic E-state index is 13.8. The van der Waals surface area contributed by atoms with Gasteiger partial charge in [-0.2, -0.15) is 0 Å². The van der Waals surface area contributed by atoms with Crippen molar-refractivity contribution < 1.29 is 23.5 Å². The number of nitrogens with one attached hydrogen (secondary N) is 2. The van der Waals surface area contributed by atoms with Crippen molar-refractivity contribution in [2.24, 2.45) is 0 Å². The van der Waals surface area contributed by atoms with Gasteiger partial charge in [0.25, 0.3) is 5.91 Å². The van der Waals surface area contributed by atoms with Crippen molar-refractivity contribution in [1.29, 1.82) is 0 Å². The molecular formula is C32H32FN5O4. The second-order valence-corrected chi connectivity index (χ2v) is 10.8. The Bertz CT molecular complexity index is 1590. The van der Waals surface area contributed by atoms with E-state index in [1.54, 1.807) is 30.3 Å². The van der Waals surface area contributed by atoms with E-state index >= 15 is 0 Å². The van der Waals surface area contributed by atoms with Crippen molar-refractivity contribution in [3.8, 4) is 0 Å². The summed E-state index contributed by atoms with van der Waals surface area (Å²) in [6, 6.07) is 16.6. The lowest BCUT2D eigenvalue weighted by Crippen LogP contribution is -2.48. The zero-order valence-corrected chi connectivity index (χ0v) is 23.6. The van der Waals surface area contributed by atoms with Crippen LogP contribution in [0.1, 0.15) is 27.0 Å². The minimum absolute atomic E-state index is 0.0960. The third-order valence-corrected chi connectivity index (χ3v) is 8.07. The highest BCUT2D eigenvalue weighted by atomic mass is 19.1. The van der Waals surface area contributed by atoms with Crippen LogP contribution in [0.2, 0.25) is 0 Å². The van der Waals surface area contributed by atoms with Gasteiger partial charge in [0.2, 0.25) is 5.91 Å². The van der Waals surface area contributed by atoms with Crippen LogP contribution in [0, 0.1) is 5.82 Å². The summed E-state index contributed by atoms with van der Waals surface area (Å²) in [6.45, 7) is 4.70. The third-order valence-electron chi connectivity index (χ3n) is 8.07. The summed E-state index contributed by atoms with van der Waals surface area (Å²) in [4.78, 5) is 44.9. The molecule has 0 aromatic heterocycles. The van der Waals surface area contributed by atoms with Crippen molar-refractivity contribution in [3.05, 3.63) is 88.7 Å². The van der Waals surface area contributed by atoms with Crippen molar-refractivity contribution in [2.45, 2.75) is 6.42 Å². The number of nitrogens with zero attached hydrogens (tertiary/aromatic N) is 3. The fourth-order valence-electron chi connectivity index (χ4n) is 5.73. The number of benzene rings is 3. The van der Waals surface area contributed by atoms with Gasteiger partial charge in [-0.25, -0.2) is 9.18 Å². The van der Waals surface area contributed by atoms with Crippen LogP contribution in [-0.2, 0) is 20.7 Å². The number of ether oxygens (including phenoxy) is 1. The molecule has 216 valence electrons. The molecule has 1 saturated heterocycles. The fourth-order valence-corrected chi connectivity index (χ4v) is 5.73. The first-order valence-electron chi connectivity index (χ1n) is 14.0.